The van der Waals surface area contributed by atoms with Gasteiger partial charge in [0.05, 0.1) is 0 Å². The number of amides is 1. The number of nitrogens with one attached hydrogen (secondary N) is 1. The summed E-state index contributed by atoms with van der Waals surface area (Å²) in [5, 5.41) is 21.3. The fraction of sp³-hybridized carbons (Fsp3) is 0.500. The first kappa shape index (κ1) is 17.2. The van der Waals surface area contributed by atoms with Crippen molar-refractivity contribution in [2.24, 2.45) is 5.92 Å². The van der Waals surface area contributed by atoms with Gasteiger partial charge in [-0.2, -0.15) is 0 Å². The van der Waals surface area contributed by atoms with E-state index in [4.69, 9.17) is 5.11 Å². The van der Waals surface area contributed by atoms with Crippen LogP contribution in [0.1, 0.15) is 32.3 Å². The monoisotopic (exact) mass is 293 g/mol. The minimum atomic E-state index is -1.16. The molecule has 3 N–H and O–H groups in total. The number of benzene rings is 1. The van der Waals surface area contributed by atoms with Gasteiger partial charge in [0.1, 0.15) is 12.1 Å². The van der Waals surface area contributed by atoms with Crippen molar-refractivity contribution in [3.8, 4) is 0 Å². The molecule has 0 bridgehead atoms. The lowest BCUT2D eigenvalue weighted by atomic mass is 10.0. The molecular formula is C16H23NO4. The number of aliphatic carboxylic acids is 1. The number of carbonyl (C=O) groups is 2. The van der Waals surface area contributed by atoms with Crippen LogP contribution in [0, 0.1) is 5.92 Å². The number of hydrogen-bond acceptors (Lipinski definition) is 3. The van der Waals surface area contributed by atoms with E-state index in [2.05, 4.69) is 5.32 Å². The van der Waals surface area contributed by atoms with Gasteiger partial charge in [-0.15, -0.1) is 0 Å². The fourth-order valence-corrected chi connectivity index (χ4v) is 2.03. The molecule has 0 unspecified atom stereocenters. The average Bonchev–Trinajstić information content (AvgIpc) is 2.43. The third-order valence-electron chi connectivity index (χ3n) is 3.18. The number of hydrogen-bond donors (Lipinski definition) is 3. The topological polar surface area (TPSA) is 86.6 Å². The van der Waals surface area contributed by atoms with Crippen molar-refractivity contribution in [1.29, 1.82) is 0 Å². The zero-order valence-electron chi connectivity index (χ0n) is 12.5. The summed E-state index contributed by atoms with van der Waals surface area (Å²) in [6.07, 6.45) is -0.00194. The Labute approximate surface area is 125 Å². The van der Waals surface area contributed by atoms with Crippen LogP contribution in [0.15, 0.2) is 30.3 Å². The quantitative estimate of drug-likeness (QED) is 0.679. The zero-order valence-corrected chi connectivity index (χ0v) is 12.5. The highest BCUT2D eigenvalue weighted by Gasteiger charge is 2.24. The molecule has 1 rings (SSSR count). The van der Waals surface area contributed by atoms with Gasteiger partial charge in [-0.25, -0.2) is 4.79 Å². The van der Waals surface area contributed by atoms with Crippen LogP contribution >= 0.6 is 0 Å². The predicted molar refractivity (Wildman–Crippen MR) is 79.8 cm³/mol. The Kier molecular flexibility index (Phi) is 6.88. The van der Waals surface area contributed by atoms with E-state index in [-0.39, 0.29) is 5.92 Å². The summed E-state index contributed by atoms with van der Waals surface area (Å²) in [7, 11) is 0. The smallest absolute Gasteiger partial charge is 0.326 e. The molecule has 1 aromatic carbocycles. The fourth-order valence-electron chi connectivity index (χ4n) is 2.03. The molecule has 0 radical (unpaired) electrons. The van der Waals surface area contributed by atoms with Crippen LogP contribution in [-0.4, -0.2) is 34.2 Å². The molecule has 0 saturated heterocycles. The number of aryl methyl sites for hydroxylation is 1. The average molecular weight is 293 g/mol. The zero-order chi connectivity index (χ0) is 15.8. The summed E-state index contributed by atoms with van der Waals surface area (Å²) in [6.45, 7) is 3.78. The Morgan fingerprint density at radius 2 is 1.81 bits per heavy atom. The van der Waals surface area contributed by atoms with E-state index in [1.807, 2.05) is 44.2 Å². The molecule has 0 spiro atoms. The Morgan fingerprint density at radius 1 is 1.19 bits per heavy atom. The van der Waals surface area contributed by atoms with Crippen LogP contribution in [0.4, 0.5) is 0 Å². The molecule has 0 heterocycles. The second-order valence-corrected chi connectivity index (χ2v) is 5.57. The van der Waals surface area contributed by atoms with Crippen LogP contribution in [0.3, 0.4) is 0 Å². The maximum absolute atomic E-state index is 11.8. The van der Waals surface area contributed by atoms with Gasteiger partial charge in [0.25, 0.3) is 0 Å². The standard InChI is InChI=1S/C16H23NO4/c1-11(2)10-14(18)15(19)17-13(16(20)21)9-8-12-6-4-3-5-7-12/h3-7,11,13-14,18H,8-10H2,1-2H3,(H,17,19)(H,20,21)/t13-,14+/m0/s1. The normalized spacial score (nSPS) is 13.7. The third-order valence-corrected chi connectivity index (χ3v) is 3.18. The lowest BCUT2D eigenvalue weighted by molar-refractivity contribution is -0.143. The molecule has 0 aliphatic rings. The van der Waals surface area contributed by atoms with Gasteiger partial charge in [0.15, 0.2) is 0 Å². The summed E-state index contributed by atoms with van der Waals surface area (Å²) < 4.78 is 0. The molecule has 0 aromatic heterocycles. The van der Waals surface area contributed by atoms with Crippen molar-refractivity contribution < 1.29 is 19.8 Å². The van der Waals surface area contributed by atoms with Crippen molar-refractivity contribution in [1.82, 2.24) is 5.32 Å². The molecule has 5 nitrogen and oxygen atoms in total. The molecule has 1 aromatic rings. The molecule has 0 saturated carbocycles. The highest BCUT2D eigenvalue weighted by atomic mass is 16.4. The molecular weight excluding hydrogens is 270 g/mol. The largest absolute Gasteiger partial charge is 0.480 e. The van der Waals surface area contributed by atoms with E-state index in [9.17, 15) is 14.7 Å². The van der Waals surface area contributed by atoms with Gasteiger partial charge in [-0.05, 0) is 30.7 Å². The van der Waals surface area contributed by atoms with Crippen molar-refractivity contribution in [3.63, 3.8) is 0 Å². The van der Waals surface area contributed by atoms with Crippen LogP contribution in [0.25, 0.3) is 0 Å². The second-order valence-electron chi connectivity index (χ2n) is 5.57. The number of aliphatic hydroxyl groups is 1. The number of aliphatic hydroxyl groups excluding tert-OH is 1. The summed E-state index contributed by atoms with van der Waals surface area (Å²) >= 11 is 0. The molecule has 2 atom stereocenters. The summed E-state index contributed by atoms with van der Waals surface area (Å²) in [6, 6.07) is 8.50. The van der Waals surface area contributed by atoms with Gasteiger partial charge < -0.3 is 15.5 Å². The van der Waals surface area contributed by atoms with Gasteiger partial charge in [-0.3, -0.25) is 4.79 Å². The van der Waals surface area contributed by atoms with Gasteiger partial charge in [0, 0.05) is 0 Å². The van der Waals surface area contributed by atoms with Gasteiger partial charge >= 0.3 is 5.97 Å². The molecule has 5 heteroatoms. The lowest BCUT2D eigenvalue weighted by Crippen LogP contribution is -2.46. The van der Waals surface area contributed by atoms with Gasteiger partial charge in [0.2, 0.25) is 5.91 Å². The summed E-state index contributed by atoms with van der Waals surface area (Å²) in [5.74, 6) is -1.54. The predicted octanol–water partition coefficient (Wildman–Crippen LogP) is 1.60. The maximum Gasteiger partial charge on any atom is 0.326 e. The molecule has 1 amide bonds. The van der Waals surface area contributed by atoms with Crippen molar-refractivity contribution >= 4 is 11.9 Å². The first-order valence-corrected chi connectivity index (χ1v) is 7.15. The minimum Gasteiger partial charge on any atom is -0.480 e. The first-order chi connectivity index (χ1) is 9.90. The Bertz CT molecular complexity index is 459. The molecule has 21 heavy (non-hydrogen) atoms. The number of rotatable bonds is 8. The summed E-state index contributed by atoms with van der Waals surface area (Å²) in [4.78, 5) is 23.0. The van der Waals surface area contributed by atoms with Crippen LogP contribution in [0.2, 0.25) is 0 Å². The second kappa shape index (κ2) is 8.42. The molecule has 0 aliphatic heterocycles. The van der Waals surface area contributed by atoms with Crippen molar-refractivity contribution in [2.45, 2.75) is 45.3 Å². The van der Waals surface area contributed by atoms with Crippen molar-refractivity contribution in [2.75, 3.05) is 0 Å². The van der Waals surface area contributed by atoms with Crippen molar-refractivity contribution in [3.05, 3.63) is 35.9 Å². The minimum absolute atomic E-state index is 0.165. The molecule has 0 aliphatic carbocycles. The van der Waals surface area contributed by atoms with Crippen LogP contribution < -0.4 is 5.32 Å². The summed E-state index contributed by atoms with van der Waals surface area (Å²) in [5.41, 5.74) is 1.01. The van der Waals surface area contributed by atoms with Crippen LogP contribution in [0.5, 0.6) is 0 Å². The van der Waals surface area contributed by atoms with Crippen LogP contribution in [-0.2, 0) is 16.0 Å². The number of carboxylic acids is 1. The SMILES string of the molecule is CC(C)C[C@@H](O)C(=O)N[C@@H](CCc1ccccc1)C(=O)O. The molecule has 0 fully saturated rings. The van der Waals surface area contributed by atoms with E-state index in [1.54, 1.807) is 0 Å². The lowest BCUT2D eigenvalue weighted by Gasteiger charge is -2.18. The van der Waals surface area contributed by atoms with E-state index < -0.39 is 24.0 Å². The van der Waals surface area contributed by atoms with E-state index >= 15 is 0 Å². The van der Waals surface area contributed by atoms with E-state index in [0.717, 1.165) is 5.56 Å². The number of carbonyl (C=O) groups excluding carboxylic acids is 1. The van der Waals surface area contributed by atoms with E-state index in [0.29, 0.717) is 19.3 Å². The third kappa shape index (κ3) is 6.40. The Morgan fingerprint density at radius 3 is 2.33 bits per heavy atom. The Hall–Kier alpha value is -1.88. The number of carboxylic acid groups (broad SMARTS) is 1. The molecule has 116 valence electrons. The van der Waals surface area contributed by atoms with Gasteiger partial charge in [-0.1, -0.05) is 44.2 Å². The highest BCUT2D eigenvalue weighted by molar-refractivity contribution is 5.86. The maximum atomic E-state index is 11.8. The van der Waals surface area contributed by atoms with E-state index in [1.165, 1.54) is 0 Å². The first-order valence-electron chi connectivity index (χ1n) is 7.15. The highest BCUT2D eigenvalue weighted by Crippen LogP contribution is 2.08. The Balaban J connectivity index is 2.54.